The monoisotopic (exact) mass is 587 g/mol. The molecular formula is C33H33NO5S2. The molecule has 4 aromatic carbocycles. The molecule has 0 bridgehead atoms. The van der Waals surface area contributed by atoms with Gasteiger partial charge in [-0.05, 0) is 28.7 Å². The molecule has 1 heterocycles. The molecule has 5 rings (SSSR count). The van der Waals surface area contributed by atoms with Crippen LogP contribution in [0, 0.1) is 0 Å². The molecule has 3 atom stereocenters. The lowest BCUT2D eigenvalue weighted by Crippen LogP contribution is -2.38. The van der Waals surface area contributed by atoms with Crippen molar-refractivity contribution in [3.8, 4) is 0 Å². The number of nitrogens with zero attached hydrogens (tertiary/aromatic N) is 1. The van der Waals surface area contributed by atoms with Crippen molar-refractivity contribution in [3.05, 3.63) is 144 Å². The van der Waals surface area contributed by atoms with Crippen molar-refractivity contribution in [1.29, 1.82) is 0 Å². The minimum Gasteiger partial charge on any atom is -0.479 e. The van der Waals surface area contributed by atoms with E-state index >= 15 is 0 Å². The zero-order valence-electron chi connectivity index (χ0n) is 22.7. The van der Waals surface area contributed by atoms with Gasteiger partial charge in [-0.3, -0.25) is 0 Å². The summed E-state index contributed by atoms with van der Waals surface area (Å²) in [4.78, 5) is 12.0. The molecule has 1 N–H and O–H groups in total. The maximum absolute atomic E-state index is 13.0. The Morgan fingerprint density at radius 2 is 1.29 bits per heavy atom. The second kappa shape index (κ2) is 12.6. The Morgan fingerprint density at radius 3 is 1.71 bits per heavy atom. The number of carboxylic acid groups (broad SMARTS) is 1. The first-order chi connectivity index (χ1) is 19.8. The third-order valence-electron chi connectivity index (χ3n) is 7.42. The highest BCUT2D eigenvalue weighted by atomic mass is 32.2. The lowest BCUT2D eigenvalue weighted by Gasteiger charge is -2.37. The number of hydrogen-bond acceptors (Lipinski definition) is 5. The third-order valence-corrected chi connectivity index (χ3v) is 10.5. The van der Waals surface area contributed by atoms with Crippen molar-refractivity contribution in [2.45, 2.75) is 28.6 Å². The fraction of sp³-hybridized carbons (Fsp3) is 0.242. The fourth-order valence-corrected chi connectivity index (χ4v) is 8.71. The first kappa shape index (κ1) is 29.1. The SMILES string of the molecule is CS(=O)(=O)N1C[C@H](SC(c2ccccc2)(c2ccccc2)c2ccccc2)C[C@H]1CO[C@H](C(=O)O)c1ccccc1. The van der Waals surface area contributed by atoms with Gasteiger partial charge in [0.05, 0.1) is 17.6 Å². The van der Waals surface area contributed by atoms with E-state index in [9.17, 15) is 18.3 Å². The van der Waals surface area contributed by atoms with Gasteiger partial charge in [0, 0.05) is 17.8 Å². The van der Waals surface area contributed by atoms with Gasteiger partial charge in [0.2, 0.25) is 10.0 Å². The Hall–Kier alpha value is -3.43. The van der Waals surface area contributed by atoms with Crippen LogP contribution in [0.25, 0.3) is 0 Å². The molecule has 6 nitrogen and oxygen atoms in total. The first-order valence-electron chi connectivity index (χ1n) is 13.5. The molecule has 0 aliphatic carbocycles. The van der Waals surface area contributed by atoms with E-state index in [2.05, 4.69) is 36.4 Å². The highest BCUT2D eigenvalue weighted by molar-refractivity contribution is 8.01. The highest BCUT2D eigenvalue weighted by Crippen LogP contribution is 2.52. The molecule has 0 spiro atoms. The number of benzene rings is 4. The van der Waals surface area contributed by atoms with Crippen LogP contribution < -0.4 is 0 Å². The van der Waals surface area contributed by atoms with E-state index in [1.165, 1.54) is 10.6 Å². The predicted molar refractivity (Wildman–Crippen MR) is 163 cm³/mol. The Morgan fingerprint density at radius 1 is 0.854 bits per heavy atom. The summed E-state index contributed by atoms with van der Waals surface area (Å²) in [5, 5.41) is 9.76. The molecule has 0 unspecified atom stereocenters. The van der Waals surface area contributed by atoms with E-state index in [0.717, 1.165) is 16.7 Å². The van der Waals surface area contributed by atoms with E-state index in [-0.39, 0.29) is 11.9 Å². The van der Waals surface area contributed by atoms with Crippen LogP contribution in [0.2, 0.25) is 0 Å². The van der Waals surface area contributed by atoms with Gasteiger partial charge in [-0.25, -0.2) is 13.2 Å². The molecule has 0 radical (unpaired) electrons. The summed E-state index contributed by atoms with van der Waals surface area (Å²) >= 11 is 1.74. The molecular weight excluding hydrogens is 554 g/mol. The average Bonchev–Trinajstić information content (AvgIpc) is 3.41. The van der Waals surface area contributed by atoms with Crippen LogP contribution in [0.4, 0.5) is 0 Å². The Kier molecular flexibility index (Phi) is 8.94. The van der Waals surface area contributed by atoms with Gasteiger partial charge in [0.1, 0.15) is 0 Å². The first-order valence-corrected chi connectivity index (χ1v) is 16.2. The number of sulfonamides is 1. The fourth-order valence-electron chi connectivity index (χ4n) is 5.61. The van der Waals surface area contributed by atoms with Crippen LogP contribution in [0.15, 0.2) is 121 Å². The van der Waals surface area contributed by atoms with Crippen molar-refractivity contribution in [3.63, 3.8) is 0 Å². The summed E-state index contributed by atoms with van der Waals surface area (Å²) in [5.74, 6) is -1.11. The van der Waals surface area contributed by atoms with Crippen LogP contribution in [0.1, 0.15) is 34.8 Å². The molecule has 1 aliphatic heterocycles. The smallest absolute Gasteiger partial charge is 0.337 e. The molecule has 4 aromatic rings. The van der Waals surface area contributed by atoms with Gasteiger partial charge in [0.15, 0.2) is 6.10 Å². The number of aliphatic carboxylic acids is 1. The average molecular weight is 588 g/mol. The van der Waals surface area contributed by atoms with E-state index in [1.54, 1.807) is 36.0 Å². The zero-order valence-corrected chi connectivity index (χ0v) is 24.4. The van der Waals surface area contributed by atoms with E-state index < -0.39 is 32.9 Å². The van der Waals surface area contributed by atoms with Crippen LogP contribution in [0.5, 0.6) is 0 Å². The van der Waals surface area contributed by atoms with E-state index in [1.807, 2.05) is 60.7 Å². The number of carboxylic acids is 1. The van der Waals surface area contributed by atoms with Crippen molar-refractivity contribution in [2.75, 3.05) is 19.4 Å². The van der Waals surface area contributed by atoms with Crippen molar-refractivity contribution < 1.29 is 23.1 Å². The topological polar surface area (TPSA) is 83.9 Å². The second-order valence-corrected chi connectivity index (χ2v) is 13.7. The number of ether oxygens (including phenoxy) is 1. The summed E-state index contributed by atoms with van der Waals surface area (Å²) in [6.45, 7) is 0.278. The lowest BCUT2D eigenvalue weighted by molar-refractivity contribution is -0.151. The second-order valence-electron chi connectivity index (χ2n) is 10.2. The normalized spacial score (nSPS) is 18.7. The number of rotatable bonds is 11. The van der Waals surface area contributed by atoms with Crippen LogP contribution in [0.3, 0.4) is 0 Å². The minimum atomic E-state index is -3.57. The van der Waals surface area contributed by atoms with Crippen LogP contribution in [-0.4, -0.2) is 54.5 Å². The summed E-state index contributed by atoms with van der Waals surface area (Å²) < 4.78 is 32.7. The highest BCUT2D eigenvalue weighted by Gasteiger charge is 2.45. The van der Waals surface area contributed by atoms with Gasteiger partial charge >= 0.3 is 5.97 Å². The largest absolute Gasteiger partial charge is 0.479 e. The van der Waals surface area contributed by atoms with Gasteiger partial charge in [-0.1, -0.05) is 121 Å². The molecule has 0 saturated carbocycles. The molecule has 0 aromatic heterocycles. The molecule has 41 heavy (non-hydrogen) atoms. The van der Waals surface area contributed by atoms with E-state index in [0.29, 0.717) is 18.5 Å². The lowest BCUT2D eigenvalue weighted by atomic mass is 9.84. The summed E-state index contributed by atoms with van der Waals surface area (Å²) in [6.07, 6.45) is 0.548. The van der Waals surface area contributed by atoms with Gasteiger partial charge < -0.3 is 9.84 Å². The summed E-state index contributed by atoms with van der Waals surface area (Å²) in [6, 6.07) is 39.1. The summed E-state index contributed by atoms with van der Waals surface area (Å²) in [7, 11) is -3.57. The molecule has 1 fully saturated rings. The van der Waals surface area contributed by atoms with Crippen molar-refractivity contribution >= 4 is 27.8 Å². The van der Waals surface area contributed by atoms with E-state index in [4.69, 9.17) is 4.74 Å². The van der Waals surface area contributed by atoms with Crippen LogP contribution >= 0.6 is 11.8 Å². The van der Waals surface area contributed by atoms with Crippen molar-refractivity contribution in [1.82, 2.24) is 4.31 Å². The molecule has 1 aliphatic rings. The Bertz CT molecular complexity index is 1440. The Balaban J connectivity index is 1.50. The van der Waals surface area contributed by atoms with Gasteiger partial charge in [-0.15, -0.1) is 11.8 Å². The predicted octanol–water partition coefficient (Wildman–Crippen LogP) is 5.96. The Labute approximate surface area is 246 Å². The molecule has 8 heteroatoms. The number of hydrogen-bond donors (Lipinski definition) is 1. The minimum absolute atomic E-state index is 0.0228. The van der Waals surface area contributed by atoms with Crippen LogP contribution in [-0.2, 0) is 24.3 Å². The summed E-state index contributed by atoms with van der Waals surface area (Å²) in [5.41, 5.74) is 3.82. The van der Waals surface area contributed by atoms with Crippen molar-refractivity contribution in [2.24, 2.45) is 0 Å². The molecule has 0 amide bonds. The maximum Gasteiger partial charge on any atom is 0.337 e. The quantitative estimate of drug-likeness (QED) is 0.218. The van der Waals surface area contributed by atoms with Gasteiger partial charge in [0.25, 0.3) is 0 Å². The molecule has 1 saturated heterocycles. The number of carbonyl (C=O) groups is 1. The zero-order chi connectivity index (χ0) is 28.9. The van der Waals surface area contributed by atoms with Gasteiger partial charge in [-0.2, -0.15) is 4.31 Å². The number of thioether (sulfide) groups is 1. The standard InChI is InChI=1S/C33H33NO5S2/c1-41(37,38)34-23-30(22-29(34)24-39-31(32(35)36)25-14-6-2-7-15-25)40-33(26-16-8-3-9-17-26,27-18-10-4-11-19-27)28-20-12-5-13-21-28/h2-21,29-31H,22-24H2,1H3,(H,35,36)/t29-,30+,31-/m0/s1. The molecule has 212 valence electrons. The third kappa shape index (κ3) is 6.41. The maximum atomic E-state index is 13.0.